The van der Waals surface area contributed by atoms with E-state index >= 15 is 0 Å². The van der Waals surface area contributed by atoms with Gasteiger partial charge >= 0.3 is 0 Å². The van der Waals surface area contributed by atoms with Crippen LogP contribution < -0.4 is 5.32 Å². The Hall–Kier alpha value is -1.09. The summed E-state index contributed by atoms with van der Waals surface area (Å²) in [5.41, 5.74) is 0.806. The topological polar surface area (TPSA) is 42.0 Å². The summed E-state index contributed by atoms with van der Waals surface area (Å²) in [5, 5.41) is 3.34. The lowest BCUT2D eigenvalue weighted by Gasteiger charge is -2.37. The van der Waals surface area contributed by atoms with Gasteiger partial charge in [0.05, 0.1) is 0 Å². The second-order valence-electron chi connectivity index (χ2n) is 5.64. The molecule has 1 N–H and O–H groups in total. The molecule has 0 radical (unpaired) electrons. The molecule has 2 rings (SSSR count). The predicted octanol–water partition coefficient (Wildman–Crippen LogP) is 3.89. The summed E-state index contributed by atoms with van der Waals surface area (Å²) < 4.78 is 0. The zero-order valence-corrected chi connectivity index (χ0v) is 11.6. The molecule has 1 saturated carbocycles. The van der Waals surface area contributed by atoms with E-state index < -0.39 is 0 Å². The van der Waals surface area contributed by atoms with Crippen LogP contribution in [0.25, 0.3) is 0 Å². The van der Waals surface area contributed by atoms with E-state index in [9.17, 15) is 4.79 Å². The van der Waals surface area contributed by atoms with E-state index in [1.807, 2.05) is 0 Å². The van der Waals surface area contributed by atoms with E-state index in [1.165, 1.54) is 6.42 Å². The van der Waals surface area contributed by atoms with Crippen molar-refractivity contribution in [3.05, 3.63) is 23.5 Å². The van der Waals surface area contributed by atoms with E-state index in [-0.39, 0.29) is 17.2 Å². The molecule has 1 aromatic heterocycles. The van der Waals surface area contributed by atoms with E-state index in [4.69, 9.17) is 11.6 Å². The van der Waals surface area contributed by atoms with Crippen molar-refractivity contribution in [1.29, 1.82) is 0 Å². The first-order chi connectivity index (χ1) is 8.49. The van der Waals surface area contributed by atoms with Gasteiger partial charge in [-0.15, -0.1) is 0 Å². The van der Waals surface area contributed by atoms with Crippen LogP contribution in [0.4, 0.5) is 5.69 Å². The number of aromatic nitrogens is 1. The van der Waals surface area contributed by atoms with Crippen molar-refractivity contribution in [2.24, 2.45) is 11.3 Å². The minimum Gasteiger partial charge on any atom is -0.326 e. The first-order valence-electron chi connectivity index (χ1n) is 6.41. The van der Waals surface area contributed by atoms with Crippen molar-refractivity contribution < 1.29 is 4.79 Å². The number of rotatable bonds is 2. The van der Waals surface area contributed by atoms with Crippen LogP contribution in [0.3, 0.4) is 0 Å². The lowest BCUT2D eigenvalue weighted by atomic mass is 9.68. The Morgan fingerprint density at radius 1 is 1.50 bits per heavy atom. The lowest BCUT2D eigenvalue weighted by Crippen LogP contribution is -2.37. The molecule has 18 heavy (non-hydrogen) atoms. The fourth-order valence-corrected chi connectivity index (χ4v) is 2.86. The van der Waals surface area contributed by atoms with Crippen molar-refractivity contribution in [2.75, 3.05) is 5.32 Å². The van der Waals surface area contributed by atoms with Crippen LogP contribution in [0.2, 0.25) is 5.15 Å². The maximum absolute atomic E-state index is 12.3. The van der Waals surface area contributed by atoms with Crippen molar-refractivity contribution >= 4 is 23.2 Å². The highest BCUT2D eigenvalue weighted by molar-refractivity contribution is 6.29. The monoisotopic (exact) mass is 266 g/mol. The number of nitrogens with zero attached hydrogens (tertiary/aromatic N) is 1. The van der Waals surface area contributed by atoms with Crippen LogP contribution in [-0.4, -0.2) is 10.9 Å². The fraction of sp³-hybridized carbons (Fsp3) is 0.571. The normalized spacial score (nSPS) is 22.5. The maximum Gasteiger partial charge on any atom is 0.228 e. The van der Waals surface area contributed by atoms with Gasteiger partial charge in [-0.2, -0.15) is 0 Å². The number of halogens is 1. The number of carbonyl (C=O) groups is 1. The molecule has 0 bridgehead atoms. The molecule has 3 nitrogen and oxygen atoms in total. The summed E-state index contributed by atoms with van der Waals surface area (Å²) in [5.74, 6) is 0.181. The Morgan fingerprint density at radius 2 is 2.28 bits per heavy atom. The smallest absolute Gasteiger partial charge is 0.228 e. The molecule has 0 aliphatic heterocycles. The molecular formula is C14H19ClN2O. The van der Waals surface area contributed by atoms with E-state index in [1.54, 1.807) is 18.3 Å². The molecule has 0 aromatic carbocycles. The Kier molecular flexibility index (Phi) is 3.91. The largest absolute Gasteiger partial charge is 0.326 e. The number of nitrogens with one attached hydrogen (secondary N) is 1. The van der Waals surface area contributed by atoms with Crippen LogP contribution in [0.15, 0.2) is 18.3 Å². The molecule has 0 saturated heterocycles. The number of anilines is 1. The van der Waals surface area contributed by atoms with Gasteiger partial charge in [0.15, 0.2) is 0 Å². The minimum atomic E-state index is 0.0817. The first-order valence-corrected chi connectivity index (χ1v) is 6.79. The number of carbonyl (C=O) groups excluding carboxylic acids is 1. The van der Waals surface area contributed by atoms with Crippen LogP contribution >= 0.6 is 11.6 Å². The van der Waals surface area contributed by atoms with Gasteiger partial charge in [-0.05, 0) is 30.4 Å². The van der Waals surface area contributed by atoms with E-state index in [0.717, 1.165) is 24.9 Å². The van der Waals surface area contributed by atoms with Gasteiger partial charge in [0.25, 0.3) is 0 Å². The highest BCUT2D eigenvalue weighted by Gasteiger charge is 2.37. The third-order valence-corrected chi connectivity index (χ3v) is 4.02. The van der Waals surface area contributed by atoms with Crippen LogP contribution in [0.1, 0.15) is 39.5 Å². The third-order valence-electron chi connectivity index (χ3n) is 3.82. The van der Waals surface area contributed by atoms with Gasteiger partial charge in [0.1, 0.15) is 5.15 Å². The quantitative estimate of drug-likeness (QED) is 0.825. The highest BCUT2D eigenvalue weighted by Crippen LogP contribution is 2.41. The van der Waals surface area contributed by atoms with E-state index in [0.29, 0.717) is 5.15 Å². The van der Waals surface area contributed by atoms with Crippen LogP contribution in [0.5, 0.6) is 0 Å². The van der Waals surface area contributed by atoms with Crippen molar-refractivity contribution in [3.8, 4) is 0 Å². The van der Waals surface area contributed by atoms with Gasteiger partial charge in [0.2, 0.25) is 5.91 Å². The van der Waals surface area contributed by atoms with Crippen molar-refractivity contribution in [1.82, 2.24) is 4.98 Å². The minimum absolute atomic E-state index is 0.0817. The number of hydrogen-bond acceptors (Lipinski definition) is 2. The third kappa shape index (κ3) is 3.02. The van der Waals surface area contributed by atoms with Crippen LogP contribution in [-0.2, 0) is 4.79 Å². The predicted molar refractivity (Wildman–Crippen MR) is 73.6 cm³/mol. The average Bonchev–Trinajstić information content (AvgIpc) is 2.28. The van der Waals surface area contributed by atoms with Gasteiger partial charge in [-0.3, -0.25) is 4.79 Å². The number of pyridine rings is 1. The fourth-order valence-electron chi connectivity index (χ4n) is 2.69. The molecule has 1 aliphatic carbocycles. The first kappa shape index (κ1) is 13.3. The molecule has 1 amide bonds. The zero-order chi connectivity index (χ0) is 13.2. The second-order valence-corrected chi connectivity index (χ2v) is 6.03. The molecule has 1 heterocycles. The Morgan fingerprint density at radius 3 is 2.94 bits per heavy atom. The molecule has 98 valence electrons. The number of amides is 1. The summed E-state index contributed by atoms with van der Waals surface area (Å²) in [6, 6.07) is 3.44. The molecule has 1 aliphatic rings. The Labute approximate surface area is 113 Å². The SMILES string of the molecule is CC1(C)CCCCC1C(=O)Nc1ccnc(Cl)c1. The standard InChI is InChI=1S/C14H19ClN2O/c1-14(2)7-4-3-5-11(14)13(18)17-10-6-8-16-12(15)9-10/h6,8-9,11H,3-5,7H2,1-2H3,(H,16,17,18). The summed E-state index contributed by atoms with van der Waals surface area (Å²) in [7, 11) is 0. The van der Waals surface area contributed by atoms with Gasteiger partial charge < -0.3 is 5.32 Å². The molecule has 0 spiro atoms. The summed E-state index contributed by atoms with van der Waals surface area (Å²) in [6.45, 7) is 4.35. The maximum atomic E-state index is 12.3. The van der Waals surface area contributed by atoms with Gasteiger partial charge in [0, 0.05) is 17.8 Å². The van der Waals surface area contributed by atoms with Gasteiger partial charge in [-0.1, -0.05) is 38.3 Å². The Balaban J connectivity index is 2.07. The zero-order valence-electron chi connectivity index (χ0n) is 10.9. The van der Waals surface area contributed by atoms with E-state index in [2.05, 4.69) is 24.1 Å². The molecular weight excluding hydrogens is 248 g/mol. The second kappa shape index (κ2) is 5.27. The highest BCUT2D eigenvalue weighted by atomic mass is 35.5. The Bertz CT molecular complexity index is 445. The molecule has 1 atom stereocenters. The number of hydrogen-bond donors (Lipinski definition) is 1. The lowest BCUT2D eigenvalue weighted by molar-refractivity contribution is -0.124. The molecule has 4 heteroatoms. The van der Waals surface area contributed by atoms with Crippen molar-refractivity contribution in [3.63, 3.8) is 0 Å². The molecule has 1 fully saturated rings. The van der Waals surface area contributed by atoms with Crippen LogP contribution in [0, 0.1) is 11.3 Å². The summed E-state index contributed by atoms with van der Waals surface area (Å²) >= 11 is 5.81. The van der Waals surface area contributed by atoms with Crippen molar-refractivity contribution in [2.45, 2.75) is 39.5 Å². The molecule has 1 aromatic rings. The summed E-state index contributed by atoms with van der Waals surface area (Å²) in [6.07, 6.45) is 6.04. The molecule has 1 unspecified atom stereocenters. The van der Waals surface area contributed by atoms with Gasteiger partial charge in [-0.25, -0.2) is 4.98 Å². The average molecular weight is 267 g/mol. The summed E-state index contributed by atoms with van der Waals surface area (Å²) in [4.78, 5) is 16.2.